The van der Waals surface area contributed by atoms with Crippen LogP contribution in [0.15, 0.2) is 48.5 Å². The first-order chi connectivity index (χ1) is 10.8. The fraction of sp³-hybridized carbons (Fsp3) is 0.211. The number of hydrogen-bond donors (Lipinski definition) is 0. The molecule has 3 rings (SSSR count). The number of nitrogens with zero attached hydrogens (tertiary/aromatic N) is 2. The molecular weight excluding hydrogens is 275 g/mol. The third-order valence-corrected chi connectivity index (χ3v) is 3.96. The normalized spacial score (nSPS) is 14.9. The highest BCUT2D eigenvalue weighted by Gasteiger charge is 2.12. The van der Waals surface area contributed by atoms with Gasteiger partial charge in [0.1, 0.15) is 5.82 Å². The third kappa shape index (κ3) is 3.01. The second kappa shape index (κ2) is 6.44. The zero-order valence-electron chi connectivity index (χ0n) is 12.3. The summed E-state index contributed by atoms with van der Waals surface area (Å²) in [6.45, 7) is 2.21. The van der Waals surface area contributed by atoms with Crippen LogP contribution in [0.2, 0.25) is 0 Å². The maximum Gasteiger partial charge on any atom is 0.131 e. The smallest absolute Gasteiger partial charge is 0.131 e. The molecule has 0 aliphatic carbocycles. The molecule has 0 bridgehead atoms. The molecule has 0 saturated carbocycles. The van der Waals surface area contributed by atoms with Crippen molar-refractivity contribution < 1.29 is 4.39 Å². The van der Waals surface area contributed by atoms with Crippen LogP contribution < -0.4 is 4.90 Å². The first kappa shape index (κ1) is 14.3. The van der Waals surface area contributed by atoms with Gasteiger partial charge in [-0.25, -0.2) is 4.39 Å². The van der Waals surface area contributed by atoms with Gasteiger partial charge in [-0.2, -0.15) is 5.26 Å². The summed E-state index contributed by atoms with van der Waals surface area (Å²) in [4.78, 5) is 2.36. The van der Waals surface area contributed by atoms with Crippen LogP contribution in [0, 0.1) is 17.1 Å². The van der Waals surface area contributed by atoms with E-state index < -0.39 is 0 Å². The molecule has 3 heteroatoms. The van der Waals surface area contributed by atoms with Gasteiger partial charge < -0.3 is 4.90 Å². The Morgan fingerprint density at radius 1 is 1.05 bits per heavy atom. The molecule has 22 heavy (non-hydrogen) atoms. The molecule has 2 nitrogen and oxygen atoms in total. The van der Waals surface area contributed by atoms with Gasteiger partial charge in [-0.15, -0.1) is 0 Å². The van der Waals surface area contributed by atoms with E-state index in [9.17, 15) is 9.65 Å². The minimum atomic E-state index is -0.371. The van der Waals surface area contributed by atoms with Crippen LogP contribution >= 0.6 is 0 Å². The van der Waals surface area contributed by atoms with Crippen molar-refractivity contribution in [2.45, 2.75) is 12.8 Å². The Bertz CT molecular complexity index is 720. The molecular formula is C19H17FN2. The minimum absolute atomic E-state index is 0.340. The van der Waals surface area contributed by atoms with Crippen molar-refractivity contribution in [1.29, 1.82) is 5.26 Å². The lowest BCUT2D eigenvalue weighted by Crippen LogP contribution is -2.17. The minimum Gasteiger partial charge on any atom is -0.372 e. The van der Waals surface area contributed by atoms with Crippen molar-refractivity contribution in [1.82, 2.24) is 0 Å². The fourth-order valence-corrected chi connectivity index (χ4v) is 2.77. The Morgan fingerprint density at radius 2 is 1.73 bits per heavy atom. The Kier molecular flexibility index (Phi) is 4.20. The highest BCUT2D eigenvalue weighted by Crippen LogP contribution is 2.24. The van der Waals surface area contributed by atoms with Crippen LogP contribution in [0.4, 0.5) is 10.1 Å². The molecule has 1 fully saturated rings. The number of anilines is 1. The van der Waals surface area contributed by atoms with Crippen molar-refractivity contribution in [3.63, 3.8) is 0 Å². The zero-order chi connectivity index (χ0) is 15.4. The van der Waals surface area contributed by atoms with Gasteiger partial charge in [0, 0.05) is 24.3 Å². The van der Waals surface area contributed by atoms with Crippen molar-refractivity contribution in [3.05, 3.63) is 65.5 Å². The van der Waals surface area contributed by atoms with E-state index >= 15 is 0 Å². The van der Waals surface area contributed by atoms with Gasteiger partial charge >= 0.3 is 0 Å². The summed E-state index contributed by atoms with van der Waals surface area (Å²) in [5.41, 5.74) is 2.79. The molecule has 1 aliphatic rings. The molecule has 1 saturated heterocycles. The predicted octanol–water partition coefficient (Wildman–Crippen LogP) is 4.49. The molecule has 2 aromatic rings. The number of halogens is 1. The lowest BCUT2D eigenvalue weighted by Gasteiger charge is -2.17. The summed E-state index contributed by atoms with van der Waals surface area (Å²) in [5.74, 6) is -0.371. The van der Waals surface area contributed by atoms with Crippen molar-refractivity contribution >= 4 is 17.3 Å². The van der Waals surface area contributed by atoms with E-state index in [2.05, 4.69) is 23.1 Å². The monoisotopic (exact) mass is 292 g/mol. The maximum absolute atomic E-state index is 13.8. The fourth-order valence-electron chi connectivity index (χ4n) is 2.77. The van der Waals surface area contributed by atoms with Gasteiger partial charge in [0.2, 0.25) is 0 Å². The second-order valence-corrected chi connectivity index (χ2v) is 5.44. The largest absolute Gasteiger partial charge is 0.372 e. The van der Waals surface area contributed by atoms with Crippen LogP contribution in [-0.4, -0.2) is 13.1 Å². The second-order valence-electron chi connectivity index (χ2n) is 5.44. The van der Waals surface area contributed by atoms with E-state index in [-0.39, 0.29) is 5.82 Å². The molecule has 110 valence electrons. The summed E-state index contributed by atoms with van der Waals surface area (Å²) < 4.78 is 13.8. The average molecular weight is 292 g/mol. The summed E-state index contributed by atoms with van der Waals surface area (Å²) in [6.07, 6.45) is 4.22. The van der Waals surface area contributed by atoms with Gasteiger partial charge in [0.05, 0.1) is 11.6 Å². The highest BCUT2D eigenvalue weighted by molar-refractivity contribution is 5.89. The van der Waals surface area contributed by atoms with E-state index in [1.54, 1.807) is 24.3 Å². The number of nitriles is 1. The van der Waals surface area contributed by atoms with E-state index in [4.69, 9.17) is 0 Å². The van der Waals surface area contributed by atoms with Crippen LogP contribution in [0.25, 0.3) is 11.6 Å². The predicted molar refractivity (Wildman–Crippen MR) is 87.8 cm³/mol. The molecule has 1 heterocycles. The lowest BCUT2D eigenvalue weighted by molar-refractivity contribution is 0.624. The van der Waals surface area contributed by atoms with Crippen LogP contribution in [-0.2, 0) is 0 Å². The molecule has 0 radical (unpaired) electrons. The zero-order valence-corrected chi connectivity index (χ0v) is 12.3. The standard InChI is InChI=1S/C19H17FN2/c20-19-6-2-1-5-18(19)16(14-21)13-15-7-9-17(10-8-15)22-11-3-4-12-22/h1-2,5-10,13H,3-4,11-12H2/b16-13+. The molecule has 1 aliphatic heterocycles. The van der Waals surface area contributed by atoms with Crippen LogP contribution in [0.1, 0.15) is 24.0 Å². The number of allylic oxidation sites excluding steroid dienone is 1. The average Bonchev–Trinajstić information content (AvgIpc) is 3.08. The van der Waals surface area contributed by atoms with Crippen molar-refractivity contribution in [2.24, 2.45) is 0 Å². The van der Waals surface area contributed by atoms with Gasteiger partial charge in [-0.1, -0.05) is 30.3 Å². The summed E-state index contributed by atoms with van der Waals surface area (Å²) >= 11 is 0. The molecule has 0 unspecified atom stereocenters. The summed E-state index contributed by atoms with van der Waals surface area (Å²) in [5, 5.41) is 9.30. The summed E-state index contributed by atoms with van der Waals surface area (Å²) in [7, 11) is 0. The van der Waals surface area contributed by atoms with Gasteiger partial charge in [0.15, 0.2) is 0 Å². The summed E-state index contributed by atoms with van der Waals surface area (Å²) in [6, 6.07) is 16.5. The SMILES string of the molecule is N#C/C(=C\c1ccc(N2CCCC2)cc1)c1ccccc1F. The van der Waals surface area contributed by atoms with Gasteiger partial charge in [-0.3, -0.25) is 0 Å². The Hall–Kier alpha value is -2.60. The molecule has 0 aromatic heterocycles. The third-order valence-electron chi connectivity index (χ3n) is 3.96. The van der Waals surface area contributed by atoms with E-state index in [1.165, 1.54) is 24.6 Å². The van der Waals surface area contributed by atoms with Crippen LogP contribution in [0.5, 0.6) is 0 Å². The number of hydrogen-bond acceptors (Lipinski definition) is 2. The molecule has 2 aromatic carbocycles. The molecule has 0 amide bonds. The molecule has 0 N–H and O–H groups in total. The Balaban J connectivity index is 1.87. The quantitative estimate of drug-likeness (QED) is 0.615. The van der Waals surface area contributed by atoms with E-state index in [0.717, 1.165) is 18.7 Å². The first-order valence-electron chi connectivity index (χ1n) is 7.49. The number of benzene rings is 2. The topological polar surface area (TPSA) is 27.0 Å². The van der Waals surface area contributed by atoms with E-state index in [0.29, 0.717) is 11.1 Å². The first-order valence-corrected chi connectivity index (χ1v) is 7.49. The van der Waals surface area contributed by atoms with Crippen molar-refractivity contribution in [2.75, 3.05) is 18.0 Å². The van der Waals surface area contributed by atoms with E-state index in [1.807, 2.05) is 12.1 Å². The Labute approximate surface area is 130 Å². The maximum atomic E-state index is 13.8. The van der Waals surface area contributed by atoms with Gasteiger partial charge in [0.25, 0.3) is 0 Å². The lowest BCUT2D eigenvalue weighted by atomic mass is 10.0. The van der Waals surface area contributed by atoms with Crippen molar-refractivity contribution in [3.8, 4) is 6.07 Å². The number of rotatable bonds is 3. The van der Waals surface area contributed by atoms with Gasteiger partial charge in [-0.05, 0) is 42.7 Å². The van der Waals surface area contributed by atoms with Crippen LogP contribution in [0.3, 0.4) is 0 Å². The molecule has 0 spiro atoms. The Morgan fingerprint density at radius 3 is 2.36 bits per heavy atom. The molecule has 0 atom stereocenters. The highest BCUT2D eigenvalue weighted by atomic mass is 19.1.